The third kappa shape index (κ3) is 5.16. The highest BCUT2D eigenvalue weighted by molar-refractivity contribution is 6.29. The number of hydrogen-bond acceptors (Lipinski definition) is 5. The number of benzene rings is 7. The van der Waals surface area contributed by atoms with Crippen LogP contribution in [0.3, 0.4) is 0 Å². The van der Waals surface area contributed by atoms with Gasteiger partial charge in [0.15, 0.2) is 0 Å². The largest absolute Gasteiger partial charge is 0.446 e. The van der Waals surface area contributed by atoms with Gasteiger partial charge in [-0.1, -0.05) is 139 Å². The van der Waals surface area contributed by atoms with Crippen molar-refractivity contribution in [1.29, 1.82) is 0 Å². The lowest BCUT2D eigenvalue weighted by atomic mass is 9.91. The highest BCUT2D eigenvalue weighted by atomic mass is 16.7. The number of amides is 2. The van der Waals surface area contributed by atoms with Crippen LogP contribution in [0.15, 0.2) is 148 Å². The molecular formula is C45H31NO5. The van der Waals surface area contributed by atoms with E-state index in [1.165, 1.54) is 0 Å². The fourth-order valence-corrected chi connectivity index (χ4v) is 6.95. The number of fused-ring (bicyclic) bond motifs is 8. The fourth-order valence-electron chi connectivity index (χ4n) is 6.95. The first-order chi connectivity index (χ1) is 24.9. The summed E-state index contributed by atoms with van der Waals surface area (Å²) in [4.78, 5) is 34.4. The molecule has 6 heteroatoms. The molecule has 0 saturated carbocycles. The SMILES string of the molecule is Cc1ccc(-c2cc3ccccc3c3c2oc2c(oc4c(-c5ccc(C)cc5)cc5ccccc5c43)C(=O)N(OCc3ccccc3)C2=O)cc1. The second-order valence-corrected chi connectivity index (χ2v) is 13.0. The minimum absolute atomic E-state index is 0.00453. The Bertz CT molecular complexity index is 2570. The molecule has 6 nitrogen and oxygen atoms in total. The van der Waals surface area contributed by atoms with E-state index < -0.39 is 11.8 Å². The van der Waals surface area contributed by atoms with E-state index in [0.717, 1.165) is 76.3 Å². The van der Waals surface area contributed by atoms with E-state index >= 15 is 0 Å². The summed E-state index contributed by atoms with van der Waals surface area (Å²) in [6.07, 6.45) is 0. The van der Waals surface area contributed by atoms with Gasteiger partial charge in [-0.05, 0) is 64.2 Å². The van der Waals surface area contributed by atoms with Gasteiger partial charge in [0.2, 0.25) is 11.5 Å². The van der Waals surface area contributed by atoms with Crippen LogP contribution >= 0.6 is 0 Å². The molecule has 51 heavy (non-hydrogen) atoms. The van der Waals surface area contributed by atoms with Crippen molar-refractivity contribution >= 4 is 55.3 Å². The van der Waals surface area contributed by atoms with Gasteiger partial charge < -0.3 is 8.83 Å². The number of hydrogen-bond donors (Lipinski definition) is 0. The maximum atomic E-state index is 14.2. The highest BCUT2D eigenvalue weighted by Gasteiger charge is 2.43. The maximum absolute atomic E-state index is 14.2. The number of carbonyl (C=O) groups is 2. The van der Waals surface area contributed by atoms with Crippen molar-refractivity contribution in [3.05, 3.63) is 168 Å². The summed E-state index contributed by atoms with van der Waals surface area (Å²) >= 11 is 0. The first kappa shape index (κ1) is 30.6. The molecule has 0 atom stereocenters. The monoisotopic (exact) mass is 665 g/mol. The van der Waals surface area contributed by atoms with Gasteiger partial charge in [0.1, 0.15) is 17.8 Å². The van der Waals surface area contributed by atoms with Gasteiger partial charge in [-0.3, -0.25) is 14.4 Å². The smallest absolute Gasteiger partial charge is 0.325 e. The van der Waals surface area contributed by atoms with Crippen molar-refractivity contribution in [2.75, 3.05) is 0 Å². The number of aryl methyl sites for hydroxylation is 2. The van der Waals surface area contributed by atoms with Gasteiger partial charge in [0.25, 0.3) is 0 Å². The van der Waals surface area contributed by atoms with Gasteiger partial charge in [-0.2, -0.15) is 0 Å². The summed E-state index contributed by atoms with van der Waals surface area (Å²) in [6, 6.07) is 46.2. The number of carbonyl (C=O) groups excluding carboxylic acids is 2. The lowest BCUT2D eigenvalue weighted by Gasteiger charge is -2.15. The summed E-state index contributed by atoms with van der Waals surface area (Å²) in [5.74, 6) is -1.93. The Balaban J connectivity index is 1.47. The Morgan fingerprint density at radius 2 is 0.961 bits per heavy atom. The molecular weight excluding hydrogens is 634 g/mol. The predicted octanol–water partition coefficient (Wildman–Crippen LogP) is 11.3. The quantitative estimate of drug-likeness (QED) is 0.171. The molecule has 7 aromatic carbocycles. The van der Waals surface area contributed by atoms with Gasteiger partial charge in [0, 0.05) is 21.9 Å². The van der Waals surface area contributed by atoms with Crippen LogP contribution in [0, 0.1) is 13.8 Å². The topological polar surface area (TPSA) is 72.9 Å². The molecule has 0 saturated heterocycles. The molecule has 2 heterocycles. The van der Waals surface area contributed by atoms with Crippen molar-refractivity contribution in [3.63, 3.8) is 0 Å². The molecule has 0 bridgehead atoms. The Labute approximate surface area is 293 Å². The molecule has 0 fully saturated rings. The lowest BCUT2D eigenvalue weighted by Crippen LogP contribution is -2.29. The zero-order chi connectivity index (χ0) is 34.6. The van der Waals surface area contributed by atoms with Crippen LogP contribution in [-0.4, -0.2) is 16.9 Å². The first-order valence-electron chi connectivity index (χ1n) is 16.9. The minimum atomic E-state index is -0.735. The number of imide groups is 1. The second kappa shape index (κ2) is 12.1. The molecule has 0 N–H and O–H groups in total. The molecule has 0 radical (unpaired) electrons. The zero-order valence-electron chi connectivity index (χ0n) is 28.0. The Morgan fingerprint density at radius 1 is 0.529 bits per heavy atom. The molecule has 2 amide bonds. The lowest BCUT2D eigenvalue weighted by molar-refractivity contribution is -0.102. The molecule has 9 rings (SSSR count). The Kier molecular flexibility index (Phi) is 7.26. The number of hydroxylamine groups is 2. The van der Waals surface area contributed by atoms with E-state index in [0.29, 0.717) is 11.2 Å². The third-order valence-corrected chi connectivity index (χ3v) is 9.55. The predicted molar refractivity (Wildman–Crippen MR) is 201 cm³/mol. The molecule has 1 aliphatic heterocycles. The average Bonchev–Trinajstić information content (AvgIpc) is 3.36. The van der Waals surface area contributed by atoms with Crippen molar-refractivity contribution < 1.29 is 23.3 Å². The summed E-state index contributed by atoms with van der Waals surface area (Å²) in [5.41, 5.74) is 7.29. The highest BCUT2D eigenvalue weighted by Crippen LogP contribution is 2.44. The fraction of sp³-hybridized carbons (Fsp3) is 0.0667. The summed E-state index contributed by atoms with van der Waals surface area (Å²) < 4.78 is 13.6. The van der Waals surface area contributed by atoms with E-state index in [2.05, 4.69) is 60.7 Å². The zero-order valence-corrected chi connectivity index (χ0v) is 28.0. The average molecular weight is 666 g/mol. The van der Waals surface area contributed by atoms with Crippen molar-refractivity contribution in [3.8, 4) is 22.3 Å². The normalized spacial score (nSPS) is 12.7. The van der Waals surface area contributed by atoms with E-state index in [1.54, 1.807) is 0 Å². The van der Waals surface area contributed by atoms with Crippen LogP contribution in [0.4, 0.5) is 0 Å². The number of rotatable bonds is 5. The van der Waals surface area contributed by atoms with Crippen LogP contribution < -0.4 is 0 Å². The van der Waals surface area contributed by atoms with Crippen LogP contribution in [0.2, 0.25) is 0 Å². The van der Waals surface area contributed by atoms with Crippen LogP contribution in [-0.2, 0) is 11.4 Å². The first-order valence-corrected chi connectivity index (χ1v) is 16.9. The minimum Gasteiger partial charge on any atom is -0.446 e. The Hall–Kier alpha value is -6.50. The molecule has 0 unspecified atom stereocenters. The Morgan fingerprint density at radius 3 is 1.43 bits per heavy atom. The van der Waals surface area contributed by atoms with E-state index in [4.69, 9.17) is 13.7 Å². The second-order valence-electron chi connectivity index (χ2n) is 13.0. The summed E-state index contributed by atoms with van der Waals surface area (Å²) in [7, 11) is 0. The standard InChI is InChI=1S/C45H31NO5/c1-27-16-20-30(21-17-27)36-24-32-12-6-8-14-34(32)38-39-35-15-9-7-13-33(35)25-37(31-22-18-28(2)19-23-31)41(39)51-43-42(50-40(36)38)44(47)46(45(43)48)49-26-29-10-4-3-5-11-29/h3-25H,26H2,1-2H3. The van der Waals surface area contributed by atoms with E-state index in [-0.39, 0.29) is 18.1 Å². The molecule has 8 aromatic rings. The molecule has 1 aliphatic rings. The van der Waals surface area contributed by atoms with Gasteiger partial charge in [0.05, 0.1) is 0 Å². The van der Waals surface area contributed by atoms with Crippen LogP contribution in [0.1, 0.15) is 37.8 Å². The summed E-state index contributed by atoms with van der Waals surface area (Å²) in [5, 5.41) is 6.08. The van der Waals surface area contributed by atoms with Crippen LogP contribution in [0.5, 0.6) is 0 Å². The molecule has 0 aliphatic carbocycles. The third-order valence-electron chi connectivity index (χ3n) is 9.55. The van der Waals surface area contributed by atoms with E-state index in [1.807, 2.05) is 92.7 Å². The molecule has 1 aromatic heterocycles. The number of nitrogens with zero attached hydrogens (tertiary/aromatic N) is 1. The van der Waals surface area contributed by atoms with Gasteiger partial charge in [-0.25, -0.2) is 0 Å². The van der Waals surface area contributed by atoms with Gasteiger partial charge >= 0.3 is 11.8 Å². The molecule has 0 spiro atoms. The van der Waals surface area contributed by atoms with Crippen molar-refractivity contribution in [2.24, 2.45) is 0 Å². The molecule has 246 valence electrons. The van der Waals surface area contributed by atoms with Gasteiger partial charge in [-0.15, -0.1) is 5.06 Å². The van der Waals surface area contributed by atoms with Crippen molar-refractivity contribution in [2.45, 2.75) is 20.5 Å². The maximum Gasteiger partial charge on any atom is 0.325 e. The van der Waals surface area contributed by atoms with Crippen LogP contribution in [0.25, 0.3) is 65.7 Å². The van der Waals surface area contributed by atoms with E-state index in [9.17, 15) is 9.59 Å². The summed E-state index contributed by atoms with van der Waals surface area (Å²) in [6.45, 7) is 4.09. The van der Waals surface area contributed by atoms with Crippen molar-refractivity contribution in [1.82, 2.24) is 5.06 Å².